The maximum atomic E-state index is 6.30. The van der Waals surface area contributed by atoms with Gasteiger partial charge in [0.25, 0.3) is 0 Å². The van der Waals surface area contributed by atoms with Gasteiger partial charge in [-0.1, -0.05) is 37.1 Å². The number of aromatic nitrogens is 3. The van der Waals surface area contributed by atoms with Crippen molar-refractivity contribution in [1.82, 2.24) is 14.6 Å². The van der Waals surface area contributed by atoms with Gasteiger partial charge >= 0.3 is 0 Å². The predicted octanol–water partition coefficient (Wildman–Crippen LogP) is 4.06. The summed E-state index contributed by atoms with van der Waals surface area (Å²) in [4.78, 5) is 4.65. The van der Waals surface area contributed by atoms with Crippen LogP contribution in [0.25, 0.3) is 16.6 Å². The number of benzene rings is 1. The van der Waals surface area contributed by atoms with Crippen molar-refractivity contribution in [3.63, 3.8) is 0 Å². The second-order valence-electron chi connectivity index (χ2n) is 4.89. The van der Waals surface area contributed by atoms with Crippen molar-refractivity contribution in [1.29, 1.82) is 0 Å². The Hall–Kier alpha value is -1.81. The van der Waals surface area contributed by atoms with Crippen LogP contribution in [0.5, 0.6) is 0 Å². The Bertz CT molecular complexity index is 763. The Morgan fingerprint density at radius 1 is 1.30 bits per heavy atom. The Labute approximate surface area is 122 Å². The first-order valence-electron chi connectivity index (χ1n) is 6.90. The minimum atomic E-state index is 0.620. The van der Waals surface area contributed by atoms with Gasteiger partial charge in [-0.2, -0.15) is 5.10 Å². The number of halogens is 1. The van der Waals surface area contributed by atoms with E-state index in [1.165, 1.54) is 0 Å². The normalized spacial score (nSPS) is 11.3. The molecule has 0 amide bonds. The molecule has 0 fully saturated rings. The molecule has 1 N–H and O–H groups in total. The molecule has 0 saturated carbocycles. The largest absolute Gasteiger partial charge is 0.369 e. The highest BCUT2D eigenvalue weighted by atomic mass is 35.5. The van der Waals surface area contributed by atoms with Gasteiger partial charge in [0.2, 0.25) is 0 Å². The maximum Gasteiger partial charge on any atom is 0.176 e. The summed E-state index contributed by atoms with van der Waals surface area (Å²) in [6, 6.07) is 8.11. The minimum absolute atomic E-state index is 0.620. The molecule has 0 radical (unpaired) electrons. The van der Waals surface area contributed by atoms with Crippen molar-refractivity contribution in [3.05, 3.63) is 35.0 Å². The Morgan fingerprint density at radius 3 is 2.90 bits per heavy atom. The van der Waals surface area contributed by atoms with Crippen molar-refractivity contribution >= 4 is 34.0 Å². The average molecular weight is 289 g/mol. The van der Waals surface area contributed by atoms with E-state index in [4.69, 9.17) is 11.6 Å². The topological polar surface area (TPSA) is 42.2 Å². The lowest BCUT2D eigenvalue weighted by molar-refractivity contribution is 0.831. The van der Waals surface area contributed by atoms with E-state index in [9.17, 15) is 0 Å². The fourth-order valence-electron chi connectivity index (χ4n) is 2.30. The third kappa shape index (κ3) is 2.10. The average Bonchev–Trinajstić information content (AvgIpc) is 2.75. The highest BCUT2D eigenvalue weighted by molar-refractivity contribution is 6.34. The molecule has 1 aromatic carbocycles. The second-order valence-corrected chi connectivity index (χ2v) is 5.27. The Kier molecular flexibility index (Phi) is 3.49. The first kappa shape index (κ1) is 13.2. The molecular weight excluding hydrogens is 272 g/mol. The first-order valence-corrected chi connectivity index (χ1v) is 7.27. The summed E-state index contributed by atoms with van der Waals surface area (Å²) in [5.41, 5.74) is 2.53. The number of para-hydroxylation sites is 1. The lowest BCUT2D eigenvalue weighted by Crippen LogP contribution is -2.05. The standard InChI is InChI=1S/C15H17ClN4/c1-3-4-9-17-14-11-7-5-6-8-12(11)20-15(18-14)13(16)10(2)19-20/h5-8H,3-4,9H2,1-2H3,(H,17,18). The number of anilines is 1. The zero-order chi connectivity index (χ0) is 14.1. The highest BCUT2D eigenvalue weighted by Gasteiger charge is 2.14. The van der Waals surface area contributed by atoms with Crippen LogP contribution in [0.2, 0.25) is 5.02 Å². The van der Waals surface area contributed by atoms with Gasteiger partial charge in [-0.3, -0.25) is 0 Å². The van der Waals surface area contributed by atoms with Crippen LogP contribution in [0.4, 0.5) is 5.82 Å². The van der Waals surface area contributed by atoms with Crippen molar-refractivity contribution < 1.29 is 0 Å². The summed E-state index contributed by atoms with van der Waals surface area (Å²) in [6.07, 6.45) is 2.27. The monoisotopic (exact) mass is 288 g/mol. The van der Waals surface area contributed by atoms with E-state index in [0.29, 0.717) is 10.7 Å². The van der Waals surface area contributed by atoms with E-state index in [0.717, 1.165) is 41.8 Å². The van der Waals surface area contributed by atoms with Gasteiger partial charge in [0.15, 0.2) is 5.65 Å². The first-order chi connectivity index (χ1) is 9.72. The predicted molar refractivity (Wildman–Crippen MR) is 83.6 cm³/mol. The molecule has 4 nitrogen and oxygen atoms in total. The lowest BCUT2D eigenvalue weighted by Gasteiger charge is -2.09. The number of unbranched alkanes of at least 4 members (excludes halogenated alkanes) is 1. The molecule has 0 atom stereocenters. The summed E-state index contributed by atoms with van der Waals surface area (Å²) >= 11 is 6.30. The van der Waals surface area contributed by atoms with Crippen LogP contribution >= 0.6 is 11.6 Å². The highest BCUT2D eigenvalue weighted by Crippen LogP contribution is 2.28. The molecule has 5 heteroatoms. The van der Waals surface area contributed by atoms with Crippen molar-refractivity contribution in [2.45, 2.75) is 26.7 Å². The summed E-state index contributed by atoms with van der Waals surface area (Å²) in [6.45, 7) is 4.98. The van der Waals surface area contributed by atoms with E-state index >= 15 is 0 Å². The molecule has 0 aliphatic heterocycles. The molecule has 0 aliphatic carbocycles. The number of fused-ring (bicyclic) bond motifs is 3. The third-order valence-corrected chi connectivity index (χ3v) is 3.83. The van der Waals surface area contributed by atoms with Gasteiger partial charge in [-0.05, 0) is 25.5 Å². The van der Waals surface area contributed by atoms with E-state index in [-0.39, 0.29) is 0 Å². The van der Waals surface area contributed by atoms with Crippen LogP contribution in [0, 0.1) is 6.92 Å². The number of nitrogens with zero attached hydrogens (tertiary/aromatic N) is 3. The van der Waals surface area contributed by atoms with Crippen LogP contribution in [0.15, 0.2) is 24.3 Å². The van der Waals surface area contributed by atoms with Gasteiger partial charge in [-0.25, -0.2) is 9.50 Å². The van der Waals surface area contributed by atoms with E-state index in [1.54, 1.807) is 0 Å². The molecule has 2 aromatic heterocycles. The van der Waals surface area contributed by atoms with Gasteiger partial charge in [-0.15, -0.1) is 0 Å². The van der Waals surface area contributed by atoms with Gasteiger partial charge in [0.1, 0.15) is 10.8 Å². The molecule has 104 valence electrons. The smallest absolute Gasteiger partial charge is 0.176 e. The number of aryl methyl sites for hydroxylation is 1. The van der Waals surface area contributed by atoms with Crippen molar-refractivity contribution in [2.24, 2.45) is 0 Å². The SMILES string of the molecule is CCCCNc1nc2c(Cl)c(C)nn2c2ccccc12. The third-order valence-electron chi connectivity index (χ3n) is 3.39. The molecule has 2 heterocycles. The number of hydrogen-bond donors (Lipinski definition) is 1. The summed E-state index contributed by atoms with van der Waals surface area (Å²) in [5, 5.41) is 9.56. The van der Waals surface area contributed by atoms with Crippen LogP contribution < -0.4 is 5.32 Å². The molecule has 0 spiro atoms. The van der Waals surface area contributed by atoms with Crippen LogP contribution in [-0.4, -0.2) is 21.1 Å². The molecule has 20 heavy (non-hydrogen) atoms. The second kappa shape index (κ2) is 5.29. The molecule has 3 rings (SSSR count). The lowest BCUT2D eigenvalue weighted by atomic mass is 10.2. The molecule has 3 aromatic rings. The molecule has 0 bridgehead atoms. The fraction of sp³-hybridized carbons (Fsp3) is 0.333. The molecular formula is C15H17ClN4. The van der Waals surface area contributed by atoms with Crippen LogP contribution in [0.1, 0.15) is 25.5 Å². The molecule has 0 aliphatic rings. The Balaban J connectivity index is 2.23. The van der Waals surface area contributed by atoms with Gasteiger partial charge in [0.05, 0.1) is 11.2 Å². The zero-order valence-corrected chi connectivity index (χ0v) is 12.4. The van der Waals surface area contributed by atoms with Gasteiger partial charge < -0.3 is 5.32 Å². The fourth-order valence-corrected chi connectivity index (χ4v) is 2.46. The van der Waals surface area contributed by atoms with E-state index in [1.807, 2.05) is 29.6 Å². The van der Waals surface area contributed by atoms with Crippen LogP contribution in [-0.2, 0) is 0 Å². The number of nitrogens with one attached hydrogen (secondary N) is 1. The quantitative estimate of drug-likeness (QED) is 0.736. The molecule has 0 unspecified atom stereocenters. The summed E-state index contributed by atoms with van der Waals surface area (Å²) in [5.74, 6) is 0.878. The summed E-state index contributed by atoms with van der Waals surface area (Å²) in [7, 11) is 0. The maximum absolute atomic E-state index is 6.30. The van der Waals surface area contributed by atoms with E-state index < -0.39 is 0 Å². The van der Waals surface area contributed by atoms with Crippen molar-refractivity contribution in [3.8, 4) is 0 Å². The summed E-state index contributed by atoms with van der Waals surface area (Å²) < 4.78 is 1.82. The van der Waals surface area contributed by atoms with Crippen LogP contribution in [0.3, 0.4) is 0 Å². The van der Waals surface area contributed by atoms with E-state index in [2.05, 4.69) is 28.4 Å². The number of hydrogen-bond acceptors (Lipinski definition) is 3. The van der Waals surface area contributed by atoms with Crippen molar-refractivity contribution in [2.75, 3.05) is 11.9 Å². The minimum Gasteiger partial charge on any atom is -0.369 e. The van der Waals surface area contributed by atoms with Gasteiger partial charge in [0, 0.05) is 11.9 Å². The Morgan fingerprint density at radius 2 is 2.10 bits per heavy atom. The zero-order valence-electron chi connectivity index (χ0n) is 11.7. The molecule has 0 saturated heterocycles. The number of rotatable bonds is 4.